The molecule has 0 spiro atoms. The van der Waals surface area contributed by atoms with Crippen molar-refractivity contribution in [1.82, 2.24) is 40.4 Å². The number of hydrogen-bond donors (Lipinski definition) is 4. The van der Waals surface area contributed by atoms with Gasteiger partial charge in [0, 0.05) is 79.9 Å². The van der Waals surface area contributed by atoms with E-state index in [1.54, 1.807) is 48.0 Å². The molecule has 4 N–H and O–H groups in total. The van der Waals surface area contributed by atoms with Gasteiger partial charge in [0.25, 0.3) is 23.3 Å². The minimum Gasteiger partial charge on any atom is -0.487 e. The summed E-state index contributed by atoms with van der Waals surface area (Å²) in [6, 6.07) is 13.7. The number of nitrogens with zero attached hydrogens (tertiary/aromatic N) is 5. The minimum absolute atomic E-state index is 0.0364. The number of amides is 6. The Morgan fingerprint density at radius 2 is 1.72 bits per heavy atom. The number of nitrogens with one attached hydrogen (secondary N) is 4. The number of piperidine rings is 1. The van der Waals surface area contributed by atoms with Crippen LogP contribution in [0.1, 0.15) is 98.5 Å². The van der Waals surface area contributed by atoms with E-state index >= 15 is 0 Å². The van der Waals surface area contributed by atoms with Crippen LogP contribution in [0, 0.1) is 25.5 Å². The van der Waals surface area contributed by atoms with Gasteiger partial charge in [-0.3, -0.25) is 53.0 Å². The Hall–Kier alpha value is -7.09. The minimum atomic E-state index is -1.05. The molecule has 0 aliphatic carbocycles. The Labute approximate surface area is 391 Å². The number of pyridine rings is 1. The molecule has 2 aliphatic heterocycles. The summed E-state index contributed by atoms with van der Waals surface area (Å²) < 4.78 is 36.5. The number of aryl methyl sites for hydroxylation is 4. The van der Waals surface area contributed by atoms with Crippen LogP contribution in [0.3, 0.4) is 0 Å². The molecule has 0 bridgehead atoms. The molecule has 67 heavy (non-hydrogen) atoms. The maximum atomic E-state index is 14.2. The smallest absolute Gasteiger partial charge is 0.273 e. The van der Waals surface area contributed by atoms with Crippen molar-refractivity contribution in [3.8, 4) is 11.4 Å². The molecular formula is C47H48BrF2N9O8. The fourth-order valence-electron chi connectivity index (χ4n) is 7.86. The number of aromatic nitrogens is 4. The molecule has 6 amide bonds. The summed E-state index contributed by atoms with van der Waals surface area (Å²) in [6.07, 6.45) is 5.37. The Kier molecular flexibility index (Phi) is 15.3. The maximum absolute atomic E-state index is 14.2. The summed E-state index contributed by atoms with van der Waals surface area (Å²) in [5.41, 5.74) is 3.45. The molecule has 2 aromatic heterocycles. The average molecular weight is 985 g/mol. The Morgan fingerprint density at radius 1 is 0.910 bits per heavy atom. The molecule has 1 saturated heterocycles. The molecule has 1 fully saturated rings. The van der Waals surface area contributed by atoms with Gasteiger partial charge >= 0.3 is 0 Å². The summed E-state index contributed by atoms with van der Waals surface area (Å²) in [4.78, 5) is 90.5. The van der Waals surface area contributed by atoms with E-state index in [2.05, 4.69) is 47.5 Å². The molecule has 0 saturated carbocycles. The topological polar surface area (TPSA) is 216 Å². The normalized spacial score (nSPS) is 14.5. The zero-order valence-corrected chi connectivity index (χ0v) is 38.3. The first kappa shape index (κ1) is 47.9. The van der Waals surface area contributed by atoms with Crippen LogP contribution in [0.15, 0.2) is 76.1 Å². The number of imide groups is 2. The van der Waals surface area contributed by atoms with E-state index in [-0.39, 0.29) is 64.6 Å². The Morgan fingerprint density at radius 3 is 2.51 bits per heavy atom. The van der Waals surface area contributed by atoms with E-state index < -0.39 is 46.9 Å². The fourth-order valence-corrected chi connectivity index (χ4v) is 8.27. The van der Waals surface area contributed by atoms with Crippen molar-refractivity contribution >= 4 is 57.1 Å². The highest BCUT2D eigenvalue weighted by Gasteiger charge is 2.45. The van der Waals surface area contributed by atoms with Gasteiger partial charge in [-0.25, -0.2) is 8.78 Å². The van der Waals surface area contributed by atoms with Crippen LogP contribution in [-0.4, -0.2) is 85.6 Å². The quantitative estimate of drug-likeness (QED) is 0.0586. The summed E-state index contributed by atoms with van der Waals surface area (Å²) in [5, 5.41) is 19.6. The lowest BCUT2D eigenvalue weighted by Crippen LogP contribution is -2.54. The van der Waals surface area contributed by atoms with Crippen LogP contribution in [0.25, 0.3) is 5.69 Å². The van der Waals surface area contributed by atoms with Gasteiger partial charge in [-0.15, -0.1) is 5.10 Å². The predicted molar refractivity (Wildman–Crippen MR) is 244 cm³/mol. The molecule has 3 aromatic carbocycles. The number of anilines is 1. The molecule has 1 atom stereocenters. The van der Waals surface area contributed by atoms with Gasteiger partial charge in [-0.1, -0.05) is 17.3 Å². The largest absolute Gasteiger partial charge is 0.487 e. The molecule has 7 rings (SSSR count). The van der Waals surface area contributed by atoms with Crippen LogP contribution in [-0.2, 0) is 34.0 Å². The number of ether oxygens (including phenoxy) is 1. The summed E-state index contributed by atoms with van der Waals surface area (Å²) in [5.74, 6) is -3.97. The van der Waals surface area contributed by atoms with Gasteiger partial charge in [0.2, 0.25) is 17.7 Å². The molecule has 1 unspecified atom stereocenters. The van der Waals surface area contributed by atoms with E-state index in [0.29, 0.717) is 74.5 Å². The summed E-state index contributed by atoms with van der Waals surface area (Å²) >= 11 is 3.31. The molecule has 20 heteroatoms. The molecule has 4 heterocycles. The zero-order valence-electron chi connectivity index (χ0n) is 36.8. The number of carbonyl (C=O) groups excluding carboxylic acids is 6. The highest BCUT2D eigenvalue weighted by molar-refractivity contribution is 9.10. The lowest BCUT2D eigenvalue weighted by atomic mass is 10.0. The second-order valence-electron chi connectivity index (χ2n) is 16.2. The molecule has 2 aliphatic rings. The highest BCUT2D eigenvalue weighted by atomic mass is 79.9. The molecule has 350 valence electrons. The zero-order chi connectivity index (χ0) is 47.8. The van der Waals surface area contributed by atoms with E-state index in [4.69, 9.17) is 4.74 Å². The van der Waals surface area contributed by atoms with Crippen molar-refractivity contribution in [2.45, 2.75) is 84.4 Å². The van der Waals surface area contributed by atoms with Crippen molar-refractivity contribution in [3.05, 3.63) is 133 Å². The number of rotatable bonds is 20. The number of hydrogen-bond acceptors (Lipinski definition) is 11. The predicted octanol–water partition coefficient (Wildman–Crippen LogP) is 5.22. The third-order valence-corrected chi connectivity index (χ3v) is 12.1. The number of halogens is 3. The second-order valence-corrected chi connectivity index (χ2v) is 17.0. The fraction of sp³-hybridized carbons (Fsp3) is 0.340. The van der Waals surface area contributed by atoms with Crippen molar-refractivity contribution in [2.75, 3.05) is 25.0 Å². The van der Waals surface area contributed by atoms with E-state index in [1.807, 2.05) is 13.1 Å². The molecular weight excluding hydrogens is 936 g/mol. The third-order valence-electron chi connectivity index (χ3n) is 11.4. The number of benzene rings is 3. The lowest BCUT2D eigenvalue weighted by molar-refractivity contribution is -0.136. The Bertz CT molecular complexity index is 2810. The van der Waals surface area contributed by atoms with Crippen LogP contribution in [0.2, 0.25) is 0 Å². The van der Waals surface area contributed by atoms with E-state index in [9.17, 15) is 42.3 Å². The second kappa shape index (κ2) is 21.5. The van der Waals surface area contributed by atoms with Gasteiger partial charge in [-0.05, 0) is 110 Å². The van der Waals surface area contributed by atoms with Gasteiger partial charge in [-0.2, -0.15) is 0 Å². The van der Waals surface area contributed by atoms with Crippen LogP contribution in [0.4, 0.5) is 14.5 Å². The first-order valence-electron chi connectivity index (χ1n) is 21.8. The summed E-state index contributed by atoms with van der Waals surface area (Å²) in [7, 11) is 0. The van der Waals surface area contributed by atoms with Crippen molar-refractivity contribution in [1.29, 1.82) is 0 Å². The SMILES string of the molecule is Cc1ccc(C(=O)NCCCCc2cn(CCCC(=O)NCCCNc3cccc4c3C(=O)N(C3CCC(=O)NC3=O)C4=O)nn2)cc1-n1c(C)cc(OCc2ccc(F)cc2F)c(Br)c1=O. The van der Waals surface area contributed by atoms with Gasteiger partial charge in [0.15, 0.2) is 0 Å². The lowest BCUT2D eigenvalue weighted by Gasteiger charge is -2.27. The van der Waals surface area contributed by atoms with Crippen molar-refractivity contribution in [2.24, 2.45) is 0 Å². The highest BCUT2D eigenvalue weighted by Crippen LogP contribution is 2.32. The summed E-state index contributed by atoms with van der Waals surface area (Å²) in [6.45, 7) is 5.02. The third kappa shape index (κ3) is 11.3. The maximum Gasteiger partial charge on any atom is 0.273 e. The Balaban J connectivity index is 0.787. The molecule has 0 radical (unpaired) electrons. The monoisotopic (exact) mass is 983 g/mol. The van der Waals surface area contributed by atoms with Crippen molar-refractivity contribution in [3.63, 3.8) is 0 Å². The number of fused-ring (bicyclic) bond motifs is 1. The van der Waals surface area contributed by atoms with E-state index in [1.165, 1.54) is 16.7 Å². The van der Waals surface area contributed by atoms with Gasteiger partial charge < -0.3 is 20.7 Å². The first-order chi connectivity index (χ1) is 32.2. The van der Waals surface area contributed by atoms with Crippen LogP contribution < -0.4 is 31.6 Å². The number of carbonyl (C=O) groups is 6. The van der Waals surface area contributed by atoms with Gasteiger partial charge in [0.05, 0.1) is 22.5 Å². The number of unbranched alkanes of at least 4 members (excludes halogenated alkanes) is 1. The average Bonchev–Trinajstić information content (AvgIpc) is 3.85. The molecule has 5 aromatic rings. The first-order valence-corrected chi connectivity index (χ1v) is 22.6. The van der Waals surface area contributed by atoms with E-state index in [0.717, 1.165) is 34.7 Å². The van der Waals surface area contributed by atoms with Crippen LogP contribution in [0.5, 0.6) is 5.75 Å². The van der Waals surface area contributed by atoms with Crippen molar-refractivity contribution < 1.29 is 42.3 Å². The van der Waals surface area contributed by atoms with Crippen LogP contribution >= 0.6 is 15.9 Å². The molecule has 17 nitrogen and oxygen atoms in total. The van der Waals surface area contributed by atoms with Gasteiger partial charge in [0.1, 0.15) is 34.5 Å². The standard InChI is InChI=1S/C47H48BrF2N9O8/c1-27-12-13-29(23-37(27)58-28(2)22-38(42(48)47(58)66)67-26-30-14-15-31(49)24-34(30)50)43(62)53-18-4-3-8-32-25-57(56-55-32)21-6-11-39(60)52-20-7-19-51-35-10-5-9-33-41(35)46(65)59(45(33)64)36-16-17-40(61)54-44(36)63/h5,9-10,12-15,22-25,36,51H,3-4,6-8,11,16-21,26H2,1-2H3,(H,52,60)(H,53,62)(H,54,61,63).